The first-order valence-electron chi connectivity index (χ1n) is 7.60. The van der Waals surface area contributed by atoms with Gasteiger partial charge in [-0.2, -0.15) is 4.57 Å². The van der Waals surface area contributed by atoms with Crippen molar-refractivity contribution in [2.45, 2.75) is 26.6 Å². The molecule has 0 amide bonds. The van der Waals surface area contributed by atoms with E-state index in [1.165, 1.54) is 16.3 Å². The third-order valence-corrected chi connectivity index (χ3v) is 6.46. The molecule has 0 saturated carbocycles. The van der Waals surface area contributed by atoms with E-state index in [2.05, 4.69) is 56.5 Å². The van der Waals surface area contributed by atoms with Crippen molar-refractivity contribution in [2.24, 2.45) is 7.05 Å². The molecule has 0 aliphatic carbocycles. The average Bonchev–Trinajstić information content (AvgIpc) is 2.84. The first-order chi connectivity index (χ1) is 10.4. The Bertz CT molecular complexity index is 919. The zero-order valence-electron chi connectivity index (χ0n) is 13.7. The lowest BCUT2D eigenvalue weighted by Crippen LogP contribution is -2.43. The maximum absolute atomic E-state index is 6.30. The minimum Gasteiger partial charge on any atom is -0.460 e. The lowest BCUT2D eigenvalue weighted by Gasteiger charge is -2.24. The van der Waals surface area contributed by atoms with Crippen molar-refractivity contribution in [2.75, 3.05) is 0 Å². The fourth-order valence-electron chi connectivity index (χ4n) is 3.30. The average molecular weight is 310 g/mol. The van der Waals surface area contributed by atoms with E-state index in [0.29, 0.717) is 0 Å². The number of hydrogen-bond acceptors (Lipinski definition) is 2. The Balaban J connectivity index is 2.17. The molecular formula is C18H20NO2Si+. The lowest BCUT2D eigenvalue weighted by atomic mass is 9.97. The van der Waals surface area contributed by atoms with Crippen LogP contribution in [0.3, 0.4) is 0 Å². The largest absolute Gasteiger partial charge is 0.460 e. The highest BCUT2D eigenvalue weighted by Crippen LogP contribution is 2.46. The molecule has 0 spiro atoms. The van der Waals surface area contributed by atoms with Crippen LogP contribution in [0.4, 0.5) is 0 Å². The quantitative estimate of drug-likeness (QED) is 0.394. The second kappa shape index (κ2) is 4.23. The van der Waals surface area contributed by atoms with Crippen molar-refractivity contribution in [3.05, 3.63) is 36.2 Å². The SMILES string of the molecule is Cc1ccc2occ3c2c1-c1c(c([Si](C)(C)C)cc[n+]1C)O3. The van der Waals surface area contributed by atoms with Crippen molar-refractivity contribution in [1.29, 1.82) is 0 Å². The first-order valence-corrected chi connectivity index (χ1v) is 11.1. The predicted octanol–water partition coefficient (Wildman–Crippen LogP) is 3.88. The third kappa shape index (κ3) is 1.70. The number of nitrogens with zero attached hydrogens (tertiary/aromatic N) is 1. The maximum Gasteiger partial charge on any atom is 0.256 e. The molecule has 4 heteroatoms. The van der Waals surface area contributed by atoms with E-state index in [4.69, 9.17) is 9.15 Å². The van der Waals surface area contributed by atoms with Crippen LogP contribution in [-0.4, -0.2) is 8.07 Å². The first kappa shape index (κ1) is 13.6. The number of benzene rings is 1. The summed E-state index contributed by atoms with van der Waals surface area (Å²) in [4.78, 5) is 0. The second-order valence-corrected chi connectivity index (χ2v) is 12.1. The fraction of sp³-hybridized carbons (Fsp3) is 0.278. The summed E-state index contributed by atoms with van der Waals surface area (Å²) >= 11 is 0. The van der Waals surface area contributed by atoms with Crippen molar-refractivity contribution in [1.82, 2.24) is 0 Å². The van der Waals surface area contributed by atoms with Crippen LogP contribution in [0.15, 0.2) is 35.1 Å². The van der Waals surface area contributed by atoms with Gasteiger partial charge in [-0.05, 0) is 23.7 Å². The van der Waals surface area contributed by atoms with Gasteiger partial charge in [-0.15, -0.1) is 0 Å². The van der Waals surface area contributed by atoms with E-state index >= 15 is 0 Å². The Morgan fingerprint density at radius 2 is 1.86 bits per heavy atom. The van der Waals surface area contributed by atoms with Gasteiger partial charge in [-0.3, -0.25) is 0 Å². The molecule has 22 heavy (non-hydrogen) atoms. The minimum atomic E-state index is -1.51. The second-order valence-electron chi connectivity index (χ2n) is 7.10. The number of furan rings is 1. The van der Waals surface area contributed by atoms with Gasteiger partial charge in [0.05, 0.1) is 19.0 Å². The van der Waals surface area contributed by atoms with E-state index in [9.17, 15) is 0 Å². The third-order valence-electron chi connectivity index (χ3n) is 4.45. The van der Waals surface area contributed by atoms with Gasteiger partial charge < -0.3 is 9.15 Å². The topological polar surface area (TPSA) is 26.2 Å². The molecule has 3 heterocycles. The number of pyridine rings is 1. The normalized spacial score (nSPS) is 13.1. The van der Waals surface area contributed by atoms with Crippen LogP contribution in [0, 0.1) is 6.92 Å². The summed E-state index contributed by atoms with van der Waals surface area (Å²) in [5.74, 6) is 1.85. The maximum atomic E-state index is 6.30. The van der Waals surface area contributed by atoms with E-state index in [1.54, 1.807) is 6.26 Å². The molecule has 0 saturated heterocycles. The zero-order chi connectivity index (χ0) is 15.6. The molecule has 112 valence electrons. The summed E-state index contributed by atoms with van der Waals surface area (Å²) in [6, 6.07) is 6.36. The number of aromatic nitrogens is 1. The summed E-state index contributed by atoms with van der Waals surface area (Å²) in [5, 5.41) is 2.44. The molecule has 1 aromatic carbocycles. The molecule has 0 atom stereocenters. The molecular weight excluding hydrogens is 290 g/mol. The molecule has 1 aliphatic rings. The smallest absolute Gasteiger partial charge is 0.256 e. The predicted molar refractivity (Wildman–Crippen MR) is 90.6 cm³/mol. The highest BCUT2D eigenvalue weighted by molar-refractivity contribution is 6.89. The van der Waals surface area contributed by atoms with Gasteiger partial charge >= 0.3 is 0 Å². The molecule has 3 aromatic rings. The van der Waals surface area contributed by atoms with Crippen molar-refractivity contribution >= 4 is 24.2 Å². The van der Waals surface area contributed by atoms with Crippen LogP contribution >= 0.6 is 0 Å². The number of hydrogen-bond donors (Lipinski definition) is 0. The molecule has 2 aromatic heterocycles. The summed E-state index contributed by atoms with van der Waals surface area (Å²) < 4.78 is 14.2. The van der Waals surface area contributed by atoms with Crippen molar-refractivity contribution < 1.29 is 13.7 Å². The number of fused-ring (bicyclic) bond motifs is 2. The Morgan fingerprint density at radius 3 is 2.59 bits per heavy atom. The number of ether oxygens (including phenoxy) is 1. The molecule has 3 nitrogen and oxygen atoms in total. The number of rotatable bonds is 1. The summed E-state index contributed by atoms with van der Waals surface area (Å²) in [5.41, 5.74) is 4.55. The van der Waals surface area contributed by atoms with E-state index in [1.807, 2.05) is 6.07 Å². The van der Waals surface area contributed by atoms with Crippen LogP contribution in [0.2, 0.25) is 19.6 Å². The van der Waals surface area contributed by atoms with Gasteiger partial charge in [0.2, 0.25) is 0 Å². The van der Waals surface area contributed by atoms with Gasteiger partial charge in [-0.1, -0.05) is 25.7 Å². The summed E-state index contributed by atoms with van der Waals surface area (Å²) in [6.45, 7) is 9.21. The van der Waals surface area contributed by atoms with Crippen LogP contribution in [-0.2, 0) is 7.05 Å². The van der Waals surface area contributed by atoms with Gasteiger partial charge in [0.15, 0.2) is 17.7 Å². The molecule has 0 unspecified atom stereocenters. The molecule has 1 aliphatic heterocycles. The molecule has 4 rings (SSSR count). The van der Waals surface area contributed by atoms with Gasteiger partial charge in [0, 0.05) is 6.07 Å². The van der Waals surface area contributed by atoms with Crippen molar-refractivity contribution in [3.8, 4) is 22.8 Å². The molecule has 0 N–H and O–H groups in total. The highest BCUT2D eigenvalue weighted by Gasteiger charge is 2.35. The Kier molecular flexibility index (Phi) is 2.61. The van der Waals surface area contributed by atoms with Gasteiger partial charge in [-0.25, -0.2) is 0 Å². The Hall–Kier alpha value is -2.07. The lowest BCUT2D eigenvalue weighted by molar-refractivity contribution is -0.660. The van der Waals surface area contributed by atoms with E-state index in [0.717, 1.165) is 28.2 Å². The summed E-state index contributed by atoms with van der Waals surface area (Å²) in [7, 11) is 0.577. The van der Waals surface area contributed by atoms with Crippen LogP contribution < -0.4 is 14.5 Å². The molecule has 0 bridgehead atoms. The Morgan fingerprint density at radius 1 is 1.09 bits per heavy atom. The molecule has 0 radical (unpaired) electrons. The van der Waals surface area contributed by atoms with Crippen molar-refractivity contribution in [3.63, 3.8) is 0 Å². The van der Waals surface area contributed by atoms with Gasteiger partial charge in [0.25, 0.3) is 5.69 Å². The van der Waals surface area contributed by atoms with Gasteiger partial charge in [0.1, 0.15) is 18.9 Å². The monoisotopic (exact) mass is 310 g/mol. The van der Waals surface area contributed by atoms with E-state index in [-0.39, 0.29) is 0 Å². The summed E-state index contributed by atoms with van der Waals surface area (Å²) in [6.07, 6.45) is 3.89. The zero-order valence-corrected chi connectivity index (χ0v) is 14.7. The Labute approximate surface area is 131 Å². The van der Waals surface area contributed by atoms with Crippen LogP contribution in [0.25, 0.3) is 22.2 Å². The van der Waals surface area contributed by atoms with E-state index < -0.39 is 8.07 Å². The minimum absolute atomic E-state index is 0.840. The van der Waals surface area contributed by atoms with Crippen LogP contribution in [0.5, 0.6) is 11.5 Å². The molecule has 0 fully saturated rings. The fourth-order valence-corrected chi connectivity index (χ4v) is 4.73. The highest BCUT2D eigenvalue weighted by atomic mass is 28.3. The standard InChI is InChI=1S/C18H20NO2Si/c1-11-6-7-12-16-13(10-20-12)21-18-14(22(3,4)5)8-9-19(2)17(18)15(11)16/h6-10H,1-5H3/q+1. The number of aryl methyl sites for hydroxylation is 2. The van der Waals surface area contributed by atoms with Crippen LogP contribution in [0.1, 0.15) is 5.56 Å².